The number of aromatic nitrogens is 4. The largest absolute Gasteiger partial charge is 0.416 e. The zero-order chi connectivity index (χ0) is 13.6. The van der Waals surface area contributed by atoms with E-state index in [1.54, 1.807) is 0 Å². The van der Waals surface area contributed by atoms with Gasteiger partial charge in [-0.1, -0.05) is 0 Å². The molecule has 8 heteroatoms. The lowest BCUT2D eigenvalue weighted by Crippen LogP contribution is -2.08. The smallest absolute Gasteiger partial charge is 0.196 e. The molecule has 4 nitrogen and oxygen atoms in total. The minimum atomic E-state index is -4.39. The molecule has 0 spiro atoms. The molecule has 2 aromatic rings. The van der Waals surface area contributed by atoms with E-state index < -0.39 is 11.7 Å². The van der Waals surface area contributed by atoms with Gasteiger partial charge in [0.1, 0.15) is 0 Å². The van der Waals surface area contributed by atoms with E-state index in [2.05, 4.69) is 31.5 Å². The number of benzene rings is 1. The Balaban J connectivity index is 2.10. The zero-order valence-electron chi connectivity index (χ0n) is 9.52. The summed E-state index contributed by atoms with van der Waals surface area (Å²) in [5, 5.41) is 11.2. The Morgan fingerprint density at radius 3 is 2.63 bits per heavy atom. The Morgan fingerprint density at radius 2 is 2.00 bits per heavy atom. The van der Waals surface area contributed by atoms with Gasteiger partial charge in [0.25, 0.3) is 0 Å². The minimum Gasteiger partial charge on any atom is -0.196 e. The Hall–Kier alpha value is -1.44. The van der Waals surface area contributed by atoms with Crippen LogP contribution in [0.3, 0.4) is 0 Å². The van der Waals surface area contributed by atoms with Crippen molar-refractivity contribution in [2.24, 2.45) is 0 Å². The standard InChI is InChI=1S/C11H8BrF3N4/c12-8-4-3-7(11(13,14)15)5-9(8)19-10(6-1-2-6)16-17-18-19/h3-6H,1-2H2. The highest BCUT2D eigenvalue weighted by atomic mass is 79.9. The summed E-state index contributed by atoms with van der Waals surface area (Å²) in [7, 11) is 0. The van der Waals surface area contributed by atoms with Gasteiger partial charge in [0.05, 0.1) is 11.3 Å². The van der Waals surface area contributed by atoms with Crippen LogP contribution in [-0.2, 0) is 6.18 Å². The van der Waals surface area contributed by atoms with Gasteiger partial charge < -0.3 is 0 Å². The van der Waals surface area contributed by atoms with Crippen LogP contribution in [0.25, 0.3) is 5.69 Å². The molecule has 3 rings (SSSR count). The lowest BCUT2D eigenvalue weighted by molar-refractivity contribution is -0.137. The Morgan fingerprint density at radius 1 is 1.26 bits per heavy atom. The summed E-state index contributed by atoms with van der Waals surface area (Å²) in [5.74, 6) is 0.858. The van der Waals surface area contributed by atoms with Crippen molar-refractivity contribution >= 4 is 15.9 Å². The van der Waals surface area contributed by atoms with Gasteiger partial charge in [0.2, 0.25) is 0 Å². The molecule has 0 radical (unpaired) electrons. The van der Waals surface area contributed by atoms with E-state index in [9.17, 15) is 13.2 Å². The van der Waals surface area contributed by atoms with E-state index in [0.717, 1.165) is 25.0 Å². The van der Waals surface area contributed by atoms with Crippen LogP contribution in [0, 0.1) is 0 Å². The number of rotatable bonds is 2. The Labute approximate surface area is 114 Å². The molecule has 1 fully saturated rings. The van der Waals surface area contributed by atoms with E-state index in [1.165, 1.54) is 10.7 Å². The molecule has 19 heavy (non-hydrogen) atoms. The summed E-state index contributed by atoms with van der Waals surface area (Å²) in [5.41, 5.74) is -0.412. The first-order valence-corrected chi connectivity index (χ1v) is 6.41. The van der Waals surface area contributed by atoms with Crippen molar-refractivity contribution in [1.82, 2.24) is 20.2 Å². The monoisotopic (exact) mass is 332 g/mol. The van der Waals surface area contributed by atoms with Gasteiger partial charge in [-0.2, -0.15) is 17.9 Å². The van der Waals surface area contributed by atoms with E-state index in [-0.39, 0.29) is 5.92 Å². The summed E-state index contributed by atoms with van der Waals surface area (Å²) in [4.78, 5) is 0. The van der Waals surface area contributed by atoms with Crippen molar-refractivity contribution in [1.29, 1.82) is 0 Å². The summed E-state index contributed by atoms with van der Waals surface area (Å²) in [6.07, 6.45) is -2.45. The van der Waals surface area contributed by atoms with Crippen molar-refractivity contribution in [2.75, 3.05) is 0 Å². The van der Waals surface area contributed by atoms with Crippen LogP contribution in [0.2, 0.25) is 0 Å². The normalized spacial score (nSPS) is 15.8. The summed E-state index contributed by atoms with van der Waals surface area (Å²) >= 11 is 3.24. The first-order valence-electron chi connectivity index (χ1n) is 5.62. The first-order chi connectivity index (χ1) is 8.97. The van der Waals surface area contributed by atoms with E-state index >= 15 is 0 Å². The number of hydrogen-bond acceptors (Lipinski definition) is 3. The van der Waals surface area contributed by atoms with Crippen LogP contribution in [0.5, 0.6) is 0 Å². The second-order valence-corrected chi connectivity index (χ2v) is 5.24. The maximum absolute atomic E-state index is 12.7. The lowest BCUT2D eigenvalue weighted by Gasteiger charge is -2.11. The second kappa shape index (κ2) is 4.29. The maximum atomic E-state index is 12.7. The van der Waals surface area contributed by atoms with Crippen LogP contribution in [-0.4, -0.2) is 20.2 Å². The molecule has 1 aliphatic rings. The first kappa shape index (κ1) is 12.6. The number of alkyl halides is 3. The number of nitrogens with zero attached hydrogens (tertiary/aromatic N) is 4. The van der Waals surface area contributed by atoms with Crippen LogP contribution < -0.4 is 0 Å². The number of hydrogen-bond donors (Lipinski definition) is 0. The fourth-order valence-electron chi connectivity index (χ4n) is 1.81. The highest BCUT2D eigenvalue weighted by Gasteiger charge is 2.33. The number of halogens is 4. The summed E-state index contributed by atoms with van der Waals surface area (Å²) in [6.45, 7) is 0. The van der Waals surface area contributed by atoms with Crippen molar-refractivity contribution < 1.29 is 13.2 Å². The molecule has 0 aliphatic heterocycles. The topological polar surface area (TPSA) is 43.6 Å². The van der Waals surface area contributed by atoms with Crippen molar-refractivity contribution in [2.45, 2.75) is 24.9 Å². The molecule has 0 saturated heterocycles. The molecule has 0 bridgehead atoms. The molecule has 0 atom stereocenters. The molecule has 1 aliphatic carbocycles. The van der Waals surface area contributed by atoms with Gasteiger partial charge in [-0.05, 0) is 57.4 Å². The molecule has 0 amide bonds. The molecular formula is C11H8BrF3N4. The second-order valence-electron chi connectivity index (χ2n) is 4.39. The number of tetrazole rings is 1. The van der Waals surface area contributed by atoms with Gasteiger partial charge in [-0.3, -0.25) is 0 Å². The van der Waals surface area contributed by atoms with Crippen LogP contribution in [0.1, 0.15) is 30.1 Å². The van der Waals surface area contributed by atoms with Gasteiger partial charge >= 0.3 is 6.18 Å². The Kier molecular flexibility index (Phi) is 2.84. The summed E-state index contributed by atoms with van der Waals surface area (Å²) < 4.78 is 40.1. The molecule has 0 N–H and O–H groups in total. The van der Waals surface area contributed by atoms with Gasteiger partial charge in [0, 0.05) is 10.4 Å². The average Bonchev–Trinajstić information content (AvgIpc) is 3.07. The third kappa shape index (κ3) is 2.36. The predicted octanol–water partition coefficient (Wildman–Crippen LogP) is 3.32. The third-order valence-electron chi connectivity index (χ3n) is 2.94. The minimum absolute atomic E-state index is 0.247. The van der Waals surface area contributed by atoms with Gasteiger partial charge in [0.15, 0.2) is 5.82 Å². The van der Waals surface area contributed by atoms with Crippen LogP contribution in [0.4, 0.5) is 13.2 Å². The van der Waals surface area contributed by atoms with Gasteiger partial charge in [-0.15, -0.1) is 5.10 Å². The summed E-state index contributed by atoms with van der Waals surface area (Å²) in [6, 6.07) is 3.43. The molecule has 1 aromatic carbocycles. The molecule has 100 valence electrons. The lowest BCUT2D eigenvalue weighted by atomic mass is 10.2. The van der Waals surface area contributed by atoms with E-state index in [1.807, 2.05) is 0 Å². The fraction of sp³-hybridized carbons (Fsp3) is 0.364. The zero-order valence-corrected chi connectivity index (χ0v) is 11.1. The average molecular weight is 333 g/mol. The van der Waals surface area contributed by atoms with Crippen LogP contribution in [0.15, 0.2) is 22.7 Å². The van der Waals surface area contributed by atoms with Crippen LogP contribution >= 0.6 is 15.9 Å². The maximum Gasteiger partial charge on any atom is 0.416 e. The van der Waals surface area contributed by atoms with E-state index in [4.69, 9.17) is 0 Å². The molecule has 1 saturated carbocycles. The van der Waals surface area contributed by atoms with Crippen molar-refractivity contribution in [3.63, 3.8) is 0 Å². The highest BCUT2D eigenvalue weighted by Crippen LogP contribution is 2.40. The van der Waals surface area contributed by atoms with Gasteiger partial charge in [-0.25, -0.2) is 0 Å². The van der Waals surface area contributed by atoms with Crippen molar-refractivity contribution in [3.8, 4) is 5.69 Å². The quantitative estimate of drug-likeness (QED) is 0.847. The Bertz CT molecular complexity index is 619. The SMILES string of the molecule is FC(F)(F)c1ccc(Br)c(-n2nnnc2C2CC2)c1. The fourth-order valence-corrected chi connectivity index (χ4v) is 2.23. The molecule has 1 heterocycles. The third-order valence-corrected chi connectivity index (χ3v) is 3.61. The highest BCUT2D eigenvalue weighted by molar-refractivity contribution is 9.10. The molecular weight excluding hydrogens is 325 g/mol. The van der Waals surface area contributed by atoms with E-state index in [0.29, 0.717) is 16.0 Å². The molecule has 1 aromatic heterocycles. The predicted molar refractivity (Wildman–Crippen MR) is 63.8 cm³/mol. The van der Waals surface area contributed by atoms with Crippen molar-refractivity contribution in [3.05, 3.63) is 34.1 Å². The molecule has 0 unspecified atom stereocenters.